The second-order valence-electron chi connectivity index (χ2n) is 5.66. The summed E-state index contributed by atoms with van der Waals surface area (Å²) in [6, 6.07) is 8.41. The van der Waals surface area contributed by atoms with E-state index >= 15 is 0 Å². The first-order valence-corrected chi connectivity index (χ1v) is 8.66. The Hall–Kier alpha value is -1.99. The normalized spacial score (nSPS) is 14.3. The summed E-state index contributed by atoms with van der Waals surface area (Å²) in [6.45, 7) is 5.60. The first-order chi connectivity index (χ1) is 11.2. The molecular formula is C16H21N5OS. The molecule has 0 saturated heterocycles. The quantitative estimate of drug-likeness (QED) is 0.826. The second kappa shape index (κ2) is 7.52. The Morgan fingerprint density at radius 2 is 2.13 bits per heavy atom. The predicted octanol–water partition coefficient (Wildman–Crippen LogP) is 2.42. The number of anilines is 1. The second-order valence-corrected chi connectivity index (χ2v) is 6.84. The Morgan fingerprint density at radius 1 is 1.30 bits per heavy atom. The van der Waals surface area contributed by atoms with Crippen LogP contribution in [-0.2, 0) is 13.0 Å². The average Bonchev–Trinajstić information content (AvgIpc) is 2.96. The molecule has 1 aromatic carbocycles. The van der Waals surface area contributed by atoms with E-state index in [9.17, 15) is 4.79 Å². The smallest absolute Gasteiger partial charge is 0.321 e. The molecule has 7 heteroatoms. The van der Waals surface area contributed by atoms with Crippen LogP contribution < -0.4 is 10.6 Å². The minimum absolute atomic E-state index is 0.217. The van der Waals surface area contributed by atoms with Gasteiger partial charge in [-0.2, -0.15) is 0 Å². The molecule has 2 amide bonds. The van der Waals surface area contributed by atoms with Crippen molar-refractivity contribution in [3.05, 3.63) is 40.4 Å². The summed E-state index contributed by atoms with van der Waals surface area (Å²) in [5.41, 5.74) is 2.89. The van der Waals surface area contributed by atoms with Crippen molar-refractivity contribution in [3.8, 4) is 0 Å². The largest absolute Gasteiger partial charge is 0.338 e. The van der Waals surface area contributed by atoms with Gasteiger partial charge in [-0.3, -0.25) is 10.2 Å². The molecule has 3 rings (SSSR count). The molecule has 0 unspecified atom stereocenters. The minimum atomic E-state index is -0.217. The lowest BCUT2D eigenvalue weighted by molar-refractivity contribution is 0.242. The van der Waals surface area contributed by atoms with Gasteiger partial charge in [-0.05, 0) is 30.9 Å². The molecule has 0 atom stereocenters. The summed E-state index contributed by atoms with van der Waals surface area (Å²) >= 11 is 1.37. The van der Waals surface area contributed by atoms with Crippen molar-refractivity contribution in [2.24, 2.45) is 0 Å². The molecule has 0 radical (unpaired) electrons. The molecular weight excluding hydrogens is 310 g/mol. The van der Waals surface area contributed by atoms with Crippen LogP contribution in [0.1, 0.15) is 22.6 Å². The number of rotatable bonds is 5. The Labute approximate surface area is 139 Å². The van der Waals surface area contributed by atoms with Gasteiger partial charge in [-0.25, -0.2) is 4.79 Å². The van der Waals surface area contributed by atoms with Gasteiger partial charge < -0.3 is 5.32 Å². The summed E-state index contributed by atoms with van der Waals surface area (Å²) < 4.78 is 0. The van der Waals surface area contributed by atoms with E-state index in [1.54, 1.807) is 0 Å². The molecule has 23 heavy (non-hydrogen) atoms. The van der Waals surface area contributed by atoms with E-state index in [1.807, 2.05) is 6.92 Å². The Bertz CT molecular complexity index is 672. The van der Waals surface area contributed by atoms with Crippen LogP contribution in [0.4, 0.5) is 9.93 Å². The van der Waals surface area contributed by atoms with Gasteiger partial charge in [0.15, 0.2) is 0 Å². The Morgan fingerprint density at radius 3 is 2.91 bits per heavy atom. The van der Waals surface area contributed by atoms with Gasteiger partial charge in [-0.15, -0.1) is 10.2 Å². The molecule has 1 aromatic heterocycles. The van der Waals surface area contributed by atoms with Gasteiger partial charge in [0, 0.05) is 26.2 Å². The van der Waals surface area contributed by atoms with E-state index < -0.39 is 0 Å². The van der Waals surface area contributed by atoms with Crippen LogP contribution in [0.2, 0.25) is 0 Å². The highest BCUT2D eigenvalue weighted by molar-refractivity contribution is 7.15. The number of benzene rings is 1. The fraction of sp³-hybridized carbons (Fsp3) is 0.438. The summed E-state index contributed by atoms with van der Waals surface area (Å²) in [5, 5.41) is 14.7. The summed E-state index contributed by atoms with van der Waals surface area (Å²) in [5.74, 6) is 0. The van der Waals surface area contributed by atoms with Gasteiger partial charge in [-0.1, -0.05) is 35.6 Å². The molecule has 0 spiro atoms. The van der Waals surface area contributed by atoms with Crippen molar-refractivity contribution in [1.82, 2.24) is 20.4 Å². The first kappa shape index (κ1) is 15.9. The lowest BCUT2D eigenvalue weighted by Crippen LogP contribution is -2.34. The fourth-order valence-corrected chi connectivity index (χ4v) is 3.32. The SMILES string of the molecule is Cc1nnc(NC(=O)NCCCN2CCc3ccccc3C2)s1. The third-order valence-electron chi connectivity index (χ3n) is 3.89. The zero-order valence-electron chi connectivity index (χ0n) is 13.2. The zero-order valence-corrected chi connectivity index (χ0v) is 14.0. The van der Waals surface area contributed by atoms with Gasteiger partial charge in [0.1, 0.15) is 5.01 Å². The molecule has 0 fully saturated rings. The zero-order chi connectivity index (χ0) is 16.1. The molecule has 2 aromatic rings. The van der Waals surface area contributed by atoms with Gasteiger partial charge in [0.2, 0.25) is 5.13 Å². The third kappa shape index (κ3) is 4.49. The fourth-order valence-electron chi connectivity index (χ4n) is 2.74. The highest BCUT2D eigenvalue weighted by Gasteiger charge is 2.15. The molecule has 6 nitrogen and oxygen atoms in total. The lowest BCUT2D eigenvalue weighted by atomic mass is 10.00. The predicted molar refractivity (Wildman–Crippen MR) is 91.7 cm³/mol. The first-order valence-electron chi connectivity index (χ1n) is 7.85. The van der Waals surface area contributed by atoms with Crippen molar-refractivity contribution in [3.63, 3.8) is 0 Å². The molecule has 2 heterocycles. The van der Waals surface area contributed by atoms with Crippen LogP contribution in [0.25, 0.3) is 0 Å². The number of hydrogen-bond acceptors (Lipinski definition) is 5. The van der Waals surface area contributed by atoms with E-state index in [1.165, 1.54) is 22.5 Å². The van der Waals surface area contributed by atoms with Crippen LogP contribution in [0.3, 0.4) is 0 Å². The molecule has 0 aliphatic carbocycles. The average molecular weight is 331 g/mol. The maximum atomic E-state index is 11.7. The van der Waals surface area contributed by atoms with Gasteiger partial charge >= 0.3 is 6.03 Å². The minimum Gasteiger partial charge on any atom is -0.338 e. The maximum absolute atomic E-state index is 11.7. The van der Waals surface area contributed by atoms with Crippen molar-refractivity contribution in [2.75, 3.05) is 25.0 Å². The molecule has 1 aliphatic heterocycles. The van der Waals surface area contributed by atoms with Gasteiger partial charge in [0.05, 0.1) is 0 Å². The number of fused-ring (bicyclic) bond motifs is 1. The number of nitrogens with one attached hydrogen (secondary N) is 2. The maximum Gasteiger partial charge on any atom is 0.321 e. The third-order valence-corrected chi connectivity index (χ3v) is 4.65. The molecule has 0 bridgehead atoms. The van der Waals surface area contributed by atoms with E-state index in [0.29, 0.717) is 11.7 Å². The molecule has 1 aliphatic rings. The number of amides is 2. The summed E-state index contributed by atoms with van der Waals surface area (Å²) in [4.78, 5) is 14.2. The van der Waals surface area contributed by atoms with Crippen LogP contribution in [0.15, 0.2) is 24.3 Å². The van der Waals surface area contributed by atoms with E-state index in [0.717, 1.165) is 37.5 Å². The summed E-state index contributed by atoms with van der Waals surface area (Å²) in [7, 11) is 0. The Balaban J connectivity index is 1.35. The van der Waals surface area contributed by atoms with Crippen LogP contribution in [0.5, 0.6) is 0 Å². The van der Waals surface area contributed by atoms with Crippen molar-refractivity contribution in [1.29, 1.82) is 0 Å². The van der Waals surface area contributed by atoms with E-state index in [2.05, 4.69) is 50.0 Å². The Kier molecular flexibility index (Phi) is 5.19. The van der Waals surface area contributed by atoms with Gasteiger partial charge in [0.25, 0.3) is 0 Å². The van der Waals surface area contributed by atoms with Crippen molar-refractivity contribution in [2.45, 2.75) is 26.3 Å². The van der Waals surface area contributed by atoms with Crippen LogP contribution >= 0.6 is 11.3 Å². The molecule has 122 valence electrons. The molecule has 2 N–H and O–H groups in total. The number of carbonyl (C=O) groups is 1. The number of nitrogens with zero attached hydrogens (tertiary/aromatic N) is 3. The van der Waals surface area contributed by atoms with Crippen molar-refractivity contribution >= 4 is 22.5 Å². The highest BCUT2D eigenvalue weighted by Crippen LogP contribution is 2.18. The monoisotopic (exact) mass is 331 g/mol. The summed E-state index contributed by atoms with van der Waals surface area (Å²) in [6.07, 6.45) is 2.05. The number of aryl methyl sites for hydroxylation is 1. The van der Waals surface area contributed by atoms with E-state index in [4.69, 9.17) is 0 Å². The number of hydrogen-bond donors (Lipinski definition) is 2. The number of urea groups is 1. The highest BCUT2D eigenvalue weighted by atomic mass is 32.1. The topological polar surface area (TPSA) is 70.1 Å². The standard InChI is InChI=1S/C16H21N5OS/c1-12-19-20-16(23-12)18-15(22)17-8-4-9-21-10-7-13-5-2-3-6-14(13)11-21/h2-3,5-6H,4,7-11H2,1H3,(H2,17,18,20,22). The van der Waals surface area contributed by atoms with Crippen molar-refractivity contribution < 1.29 is 4.79 Å². The number of carbonyl (C=O) groups excluding carboxylic acids is 1. The van der Waals surface area contributed by atoms with Crippen LogP contribution in [-0.4, -0.2) is 40.8 Å². The van der Waals surface area contributed by atoms with Crippen LogP contribution in [0, 0.1) is 6.92 Å². The van der Waals surface area contributed by atoms with E-state index in [-0.39, 0.29) is 6.03 Å². The number of aromatic nitrogens is 2. The lowest BCUT2D eigenvalue weighted by Gasteiger charge is -2.28. The molecule has 0 saturated carbocycles.